The highest BCUT2D eigenvalue weighted by Gasteiger charge is 2.16. The number of halogens is 2. The van der Waals surface area contributed by atoms with Gasteiger partial charge in [0.05, 0.1) is 0 Å². The Hall–Kier alpha value is -0.650. The molecule has 1 fully saturated rings. The van der Waals surface area contributed by atoms with E-state index < -0.39 is 11.6 Å². The van der Waals surface area contributed by atoms with Gasteiger partial charge in [0.2, 0.25) is 0 Å². The van der Waals surface area contributed by atoms with E-state index in [9.17, 15) is 8.78 Å². The molecule has 1 aliphatic heterocycles. The minimum Gasteiger partial charge on any atom is -0.314 e. The van der Waals surface area contributed by atoms with Gasteiger partial charge in [-0.3, -0.25) is 4.90 Å². The van der Waals surface area contributed by atoms with E-state index in [4.69, 9.17) is 0 Å². The van der Waals surface area contributed by atoms with Crippen molar-refractivity contribution in [3.63, 3.8) is 0 Å². The third kappa shape index (κ3) is 2.97. The van der Waals surface area contributed by atoms with E-state index in [0.29, 0.717) is 17.0 Å². The lowest BCUT2D eigenvalue weighted by atomic mass is 10.2. The van der Waals surface area contributed by atoms with Gasteiger partial charge in [-0.1, -0.05) is 6.07 Å². The Bertz CT molecular complexity index is 392. The molecule has 0 radical (unpaired) electrons. The first-order valence-corrected chi connectivity index (χ1v) is 6.89. The third-order valence-corrected chi connectivity index (χ3v) is 3.71. The maximum atomic E-state index is 13.8. The van der Waals surface area contributed by atoms with E-state index in [2.05, 4.69) is 10.2 Å². The average Bonchev–Trinajstić information content (AvgIpc) is 2.37. The zero-order valence-electron chi connectivity index (χ0n) is 9.80. The molecule has 1 aliphatic rings. The van der Waals surface area contributed by atoms with Crippen LogP contribution >= 0.6 is 11.8 Å². The van der Waals surface area contributed by atoms with Gasteiger partial charge in [-0.2, -0.15) is 0 Å². The molecule has 0 aromatic heterocycles. The van der Waals surface area contributed by atoms with Gasteiger partial charge < -0.3 is 5.32 Å². The molecule has 0 atom stereocenters. The molecule has 1 aromatic rings. The zero-order valence-corrected chi connectivity index (χ0v) is 10.6. The summed E-state index contributed by atoms with van der Waals surface area (Å²) < 4.78 is 27.4. The Kier molecular flexibility index (Phi) is 4.36. The Labute approximate surface area is 104 Å². The van der Waals surface area contributed by atoms with E-state index in [0.717, 1.165) is 26.2 Å². The fraction of sp³-hybridized carbons (Fsp3) is 0.500. The van der Waals surface area contributed by atoms with Crippen molar-refractivity contribution < 1.29 is 8.78 Å². The second-order valence-corrected chi connectivity index (χ2v) is 4.93. The number of hydrogen-bond acceptors (Lipinski definition) is 3. The molecule has 17 heavy (non-hydrogen) atoms. The van der Waals surface area contributed by atoms with Crippen molar-refractivity contribution in [1.29, 1.82) is 0 Å². The fourth-order valence-electron chi connectivity index (χ4n) is 1.96. The lowest BCUT2D eigenvalue weighted by molar-refractivity contribution is 0.229. The second-order valence-electron chi connectivity index (χ2n) is 4.08. The molecule has 0 amide bonds. The third-order valence-electron chi connectivity index (χ3n) is 2.95. The summed E-state index contributed by atoms with van der Waals surface area (Å²) in [4.78, 5) is 2.50. The van der Waals surface area contributed by atoms with Crippen molar-refractivity contribution in [3.8, 4) is 0 Å². The Morgan fingerprint density at radius 3 is 2.59 bits per heavy atom. The molecule has 1 N–H and O–H groups in total. The quantitative estimate of drug-likeness (QED) is 0.836. The highest BCUT2D eigenvalue weighted by molar-refractivity contribution is 7.98. The predicted octanol–water partition coefficient (Wildman–Crippen LogP) is 2.09. The monoisotopic (exact) mass is 258 g/mol. The van der Waals surface area contributed by atoms with E-state index in [1.165, 1.54) is 11.8 Å². The zero-order chi connectivity index (χ0) is 12.3. The lowest BCUT2D eigenvalue weighted by Crippen LogP contribution is -2.43. The van der Waals surface area contributed by atoms with Crippen LogP contribution in [0.4, 0.5) is 8.78 Å². The second kappa shape index (κ2) is 5.80. The molecule has 0 spiro atoms. The van der Waals surface area contributed by atoms with Gasteiger partial charge >= 0.3 is 0 Å². The van der Waals surface area contributed by atoms with Crippen molar-refractivity contribution >= 4 is 11.8 Å². The molecule has 0 saturated carbocycles. The van der Waals surface area contributed by atoms with Crippen LogP contribution in [0.25, 0.3) is 0 Å². The van der Waals surface area contributed by atoms with Gasteiger partial charge in [0, 0.05) is 43.2 Å². The number of nitrogens with one attached hydrogen (secondary N) is 1. The number of rotatable bonds is 3. The van der Waals surface area contributed by atoms with Crippen LogP contribution in [-0.2, 0) is 6.54 Å². The molecular formula is C12H16F2N2S. The first-order chi connectivity index (χ1) is 8.22. The number of nitrogens with zero attached hydrogens (tertiary/aromatic N) is 1. The van der Waals surface area contributed by atoms with Gasteiger partial charge in [0.15, 0.2) is 11.6 Å². The largest absolute Gasteiger partial charge is 0.314 e. The van der Waals surface area contributed by atoms with Crippen molar-refractivity contribution in [3.05, 3.63) is 29.3 Å². The summed E-state index contributed by atoms with van der Waals surface area (Å²) in [6.45, 7) is 4.07. The van der Waals surface area contributed by atoms with Crippen LogP contribution in [0.3, 0.4) is 0 Å². The number of thioether (sulfide) groups is 1. The minimum absolute atomic E-state index is 0.367. The van der Waals surface area contributed by atoms with Crippen LogP contribution in [0.1, 0.15) is 5.56 Å². The van der Waals surface area contributed by atoms with Crippen LogP contribution in [0.15, 0.2) is 17.0 Å². The molecule has 1 saturated heterocycles. The topological polar surface area (TPSA) is 15.3 Å². The molecule has 1 aromatic carbocycles. The Morgan fingerprint density at radius 2 is 1.94 bits per heavy atom. The maximum absolute atomic E-state index is 13.8. The van der Waals surface area contributed by atoms with Gasteiger partial charge in [-0.25, -0.2) is 8.78 Å². The van der Waals surface area contributed by atoms with Crippen LogP contribution < -0.4 is 5.32 Å². The van der Waals surface area contributed by atoms with E-state index in [1.807, 2.05) is 0 Å². The summed E-state index contributed by atoms with van der Waals surface area (Å²) in [5.74, 6) is -1.42. The molecule has 0 bridgehead atoms. The van der Waals surface area contributed by atoms with Crippen LogP contribution in [0.2, 0.25) is 0 Å². The number of piperazine rings is 1. The van der Waals surface area contributed by atoms with Gasteiger partial charge in [0.1, 0.15) is 0 Å². The first-order valence-electron chi connectivity index (χ1n) is 5.66. The molecule has 94 valence electrons. The molecule has 0 unspecified atom stereocenters. The van der Waals surface area contributed by atoms with Gasteiger partial charge in [0.25, 0.3) is 0 Å². The molecule has 2 rings (SSSR count). The normalized spacial score (nSPS) is 17.4. The van der Waals surface area contributed by atoms with E-state index >= 15 is 0 Å². The molecular weight excluding hydrogens is 242 g/mol. The SMILES string of the molecule is CSc1ccc(CN2CCNCC2)c(F)c1F. The average molecular weight is 258 g/mol. The fourth-order valence-corrected chi connectivity index (χ4v) is 2.43. The number of hydrogen-bond donors (Lipinski definition) is 1. The molecule has 5 heteroatoms. The molecule has 1 heterocycles. The molecule has 0 aliphatic carbocycles. The minimum atomic E-state index is -0.717. The summed E-state index contributed by atoms with van der Waals surface area (Å²) in [6, 6.07) is 3.34. The van der Waals surface area contributed by atoms with Crippen molar-refractivity contribution in [2.24, 2.45) is 0 Å². The molecule has 2 nitrogen and oxygen atoms in total. The number of benzene rings is 1. The highest BCUT2D eigenvalue weighted by Crippen LogP contribution is 2.24. The van der Waals surface area contributed by atoms with Gasteiger partial charge in [-0.15, -0.1) is 11.8 Å². The van der Waals surface area contributed by atoms with Crippen molar-refractivity contribution in [1.82, 2.24) is 10.2 Å². The maximum Gasteiger partial charge on any atom is 0.172 e. The first kappa shape index (κ1) is 12.8. The standard InChI is InChI=1S/C12H16F2N2S/c1-17-10-3-2-9(11(13)12(10)14)8-16-6-4-15-5-7-16/h2-3,15H,4-8H2,1H3. The van der Waals surface area contributed by atoms with Crippen molar-refractivity contribution in [2.45, 2.75) is 11.4 Å². The predicted molar refractivity (Wildman–Crippen MR) is 66.3 cm³/mol. The van der Waals surface area contributed by atoms with Gasteiger partial charge in [-0.05, 0) is 12.3 Å². The van der Waals surface area contributed by atoms with Crippen LogP contribution in [0, 0.1) is 11.6 Å². The summed E-state index contributed by atoms with van der Waals surface area (Å²) in [6.07, 6.45) is 1.74. The van der Waals surface area contributed by atoms with Crippen molar-refractivity contribution in [2.75, 3.05) is 32.4 Å². The smallest absolute Gasteiger partial charge is 0.172 e. The summed E-state index contributed by atoms with van der Waals surface area (Å²) in [7, 11) is 0. The Balaban J connectivity index is 2.12. The summed E-state index contributed by atoms with van der Waals surface area (Å²) in [5, 5.41) is 3.23. The van der Waals surface area contributed by atoms with Crippen LogP contribution in [0.5, 0.6) is 0 Å². The van der Waals surface area contributed by atoms with E-state index in [-0.39, 0.29) is 0 Å². The Morgan fingerprint density at radius 1 is 1.24 bits per heavy atom. The summed E-state index contributed by atoms with van der Waals surface area (Å²) >= 11 is 1.23. The lowest BCUT2D eigenvalue weighted by Gasteiger charge is -2.27. The van der Waals surface area contributed by atoms with E-state index in [1.54, 1.807) is 18.4 Å². The van der Waals surface area contributed by atoms with Crippen LogP contribution in [-0.4, -0.2) is 37.3 Å². The highest BCUT2D eigenvalue weighted by atomic mass is 32.2. The summed E-state index contributed by atoms with van der Waals surface area (Å²) in [5.41, 5.74) is 0.446.